The molecule has 4 N–H and O–H groups in total. The predicted molar refractivity (Wildman–Crippen MR) is 183 cm³/mol. The van der Waals surface area contributed by atoms with Gasteiger partial charge in [-0.05, 0) is 74.5 Å². The number of anilines is 4. The first-order valence-electron chi connectivity index (χ1n) is 14.3. The molecule has 0 saturated carbocycles. The van der Waals surface area contributed by atoms with Gasteiger partial charge in [-0.3, -0.25) is 0 Å². The van der Waals surface area contributed by atoms with Crippen molar-refractivity contribution in [3.8, 4) is 11.5 Å². The number of carbonyl (C=O) groups is 2. The van der Waals surface area contributed by atoms with E-state index < -0.39 is 42.1 Å². The molecular weight excluding hydrogens is 657 g/mol. The summed E-state index contributed by atoms with van der Waals surface area (Å²) >= 11 is 0. The van der Waals surface area contributed by atoms with Crippen LogP contribution >= 0.6 is 0 Å². The molecule has 0 fully saturated rings. The largest absolute Gasteiger partial charge is 0.379 e. The van der Waals surface area contributed by atoms with Crippen LogP contribution in [0.1, 0.15) is 11.1 Å². The van der Waals surface area contributed by atoms with Crippen LogP contribution in [-0.2, 0) is 20.2 Å². The van der Waals surface area contributed by atoms with E-state index in [-0.39, 0.29) is 22.9 Å². The second kappa shape index (κ2) is 14.3. The Balaban J connectivity index is 1.28. The Bertz CT molecular complexity index is 2020. The molecule has 5 aromatic rings. The fraction of sp³-hybridized carbons (Fsp3) is 0.0588. The van der Waals surface area contributed by atoms with Gasteiger partial charge in [0.05, 0.1) is 0 Å². The van der Waals surface area contributed by atoms with Gasteiger partial charge in [0.2, 0.25) is 0 Å². The van der Waals surface area contributed by atoms with Crippen molar-refractivity contribution in [2.24, 2.45) is 0 Å². The molecule has 246 valence electrons. The highest BCUT2D eigenvalue weighted by atomic mass is 32.2. The minimum atomic E-state index is -4.73. The van der Waals surface area contributed by atoms with Crippen molar-refractivity contribution in [1.29, 1.82) is 0 Å². The summed E-state index contributed by atoms with van der Waals surface area (Å²) in [7, 11) is -9.45. The van der Waals surface area contributed by atoms with Crippen molar-refractivity contribution >= 4 is 55.0 Å². The third-order valence-corrected chi connectivity index (χ3v) is 9.34. The molecule has 0 spiro atoms. The Labute approximate surface area is 278 Å². The lowest BCUT2D eigenvalue weighted by molar-refractivity contribution is 0.261. The van der Waals surface area contributed by atoms with Crippen molar-refractivity contribution in [3.63, 3.8) is 0 Å². The normalized spacial score (nSPS) is 11.2. The third kappa shape index (κ3) is 8.90. The zero-order chi connectivity index (χ0) is 34.3. The molecule has 0 unspecified atom stereocenters. The van der Waals surface area contributed by atoms with Gasteiger partial charge in [-0.2, -0.15) is 16.8 Å². The molecule has 0 aromatic heterocycles. The number of rotatable bonds is 10. The summed E-state index contributed by atoms with van der Waals surface area (Å²) < 4.78 is 64.0. The van der Waals surface area contributed by atoms with Crippen LogP contribution in [0.5, 0.6) is 11.5 Å². The molecule has 0 atom stereocenters. The van der Waals surface area contributed by atoms with Gasteiger partial charge in [0.15, 0.2) is 0 Å². The maximum absolute atomic E-state index is 13.4. The smallest absolute Gasteiger partial charge is 0.340 e. The molecule has 48 heavy (non-hydrogen) atoms. The first-order valence-corrected chi connectivity index (χ1v) is 17.2. The maximum atomic E-state index is 13.4. The van der Waals surface area contributed by atoms with Crippen LogP contribution in [0.4, 0.5) is 32.3 Å². The fourth-order valence-corrected chi connectivity index (χ4v) is 6.94. The Morgan fingerprint density at radius 3 is 1.19 bits per heavy atom. The number of aryl methyl sites for hydroxylation is 2. The number of hydrogen-bond acceptors (Lipinski definition) is 8. The summed E-state index contributed by atoms with van der Waals surface area (Å²) in [4.78, 5) is 23.6. The van der Waals surface area contributed by atoms with Gasteiger partial charge >= 0.3 is 32.3 Å². The highest BCUT2D eigenvalue weighted by Crippen LogP contribution is 2.29. The number of benzene rings is 5. The standard InChI is InChI=1S/C34H30N4O8S2/c1-23-13-17-25(18-14-23)35-33(39)37-27-7-5-9-29(21-27)45-47(41,42)31-11-3-4-12-32(31)48(43,44)46-30-10-6-8-28(22-30)38-34(40)36-26-19-15-24(2)16-20-26/h3-22H,1-2H3,(H2,35,37,39)(H2,36,38,40). The van der Waals surface area contributed by atoms with E-state index in [1.54, 1.807) is 24.3 Å². The molecule has 4 amide bonds. The predicted octanol–water partition coefficient (Wildman–Crippen LogP) is 7.13. The van der Waals surface area contributed by atoms with Crippen molar-refractivity contribution in [2.75, 3.05) is 21.3 Å². The van der Waals surface area contributed by atoms with E-state index in [1.807, 2.05) is 38.1 Å². The van der Waals surface area contributed by atoms with Crippen molar-refractivity contribution in [3.05, 3.63) is 132 Å². The lowest BCUT2D eigenvalue weighted by Gasteiger charge is -2.14. The molecule has 0 aliphatic carbocycles. The van der Waals surface area contributed by atoms with Crippen molar-refractivity contribution in [1.82, 2.24) is 0 Å². The lowest BCUT2D eigenvalue weighted by atomic mass is 10.2. The Kier molecular flexibility index (Phi) is 9.96. The highest BCUT2D eigenvalue weighted by Gasteiger charge is 2.30. The minimum Gasteiger partial charge on any atom is -0.379 e. The SMILES string of the molecule is Cc1ccc(NC(=O)Nc2cccc(OS(=O)(=O)c3ccccc3S(=O)(=O)Oc3cccc(NC(=O)Nc4ccc(C)cc4)c3)c2)cc1. The summed E-state index contributed by atoms with van der Waals surface area (Å²) in [6.45, 7) is 3.83. The summed E-state index contributed by atoms with van der Waals surface area (Å²) in [5.74, 6) is -0.363. The molecule has 14 heteroatoms. The number of amides is 4. The number of carbonyl (C=O) groups excluding carboxylic acids is 2. The fourth-order valence-electron chi connectivity index (χ4n) is 4.32. The maximum Gasteiger partial charge on any atom is 0.340 e. The van der Waals surface area contributed by atoms with Crippen LogP contribution in [0.15, 0.2) is 131 Å². The summed E-state index contributed by atoms with van der Waals surface area (Å²) in [5.41, 5.74) is 3.60. The average molecular weight is 687 g/mol. The third-order valence-electron chi connectivity index (χ3n) is 6.60. The van der Waals surface area contributed by atoms with E-state index >= 15 is 0 Å². The quantitative estimate of drug-likeness (QED) is 0.113. The molecule has 0 bridgehead atoms. The second-order valence-corrected chi connectivity index (χ2v) is 13.5. The van der Waals surface area contributed by atoms with Gasteiger partial charge in [0.25, 0.3) is 0 Å². The van der Waals surface area contributed by atoms with Gasteiger partial charge in [0, 0.05) is 34.9 Å². The molecule has 0 radical (unpaired) electrons. The van der Waals surface area contributed by atoms with Gasteiger partial charge in [-0.15, -0.1) is 0 Å². The van der Waals surface area contributed by atoms with Crippen molar-refractivity contribution < 1.29 is 34.8 Å². The zero-order valence-electron chi connectivity index (χ0n) is 25.6. The Morgan fingerprint density at radius 1 is 0.458 bits per heavy atom. The second-order valence-electron chi connectivity index (χ2n) is 10.5. The molecule has 0 saturated heterocycles. The number of hydrogen-bond donors (Lipinski definition) is 4. The molecule has 0 aliphatic rings. The zero-order valence-corrected chi connectivity index (χ0v) is 27.3. The van der Waals surface area contributed by atoms with Gasteiger partial charge in [0.1, 0.15) is 21.3 Å². The van der Waals surface area contributed by atoms with Crippen molar-refractivity contribution in [2.45, 2.75) is 23.6 Å². The van der Waals surface area contributed by atoms with E-state index in [4.69, 9.17) is 8.37 Å². The average Bonchev–Trinajstić information content (AvgIpc) is 3.03. The van der Waals surface area contributed by atoms with E-state index in [9.17, 15) is 26.4 Å². The molecule has 5 rings (SSSR count). The van der Waals surface area contributed by atoms with Crippen LogP contribution in [0.25, 0.3) is 0 Å². The van der Waals surface area contributed by atoms with Crippen LogP contribution in [-0.4, -0.2) is 28.9 Å². The lowest BCUT2D eigenvalue weighted by Crippen LogP contribution is -2.20. The van der Waals surface area contributed by atoms with E-state index in [1.165, 1.54) is 60.7 Å². The first kappa shape index (κ1) is 33.5. The monoisotopic (exact) mass is 686 g/mol. The minimum absolute atomic E-state index is 0.182. The van der Waals surface area contributed by atoms with E-state index in [2.05, 4.69) is 21.3 Å². The van der Waals surface area contributed by atoms with Gasteiger partial charge in [-0.1, -0.05) is 59.7 Å². The topological polar surface area (TPSA) is 169 Å². The van der Waals surface area contributed by atoms with Crippen LogP contribution in [0.3, 0.4) is 0 Å². The highest BCUT2D eigenvalue weighted by molar-refractivity contribution is 7.90. The Morgan fingerprint density at radius 2 is 0.812 bits per heavy atom. The summed E-state index contributed by atoms with van der Waals surface area (Å²) in [6.07, 6.45) is 0. The van der Waals surface area contributed by atoms with E-state index in [0.29, 0.717) is 11.4 Å². The molecule has 0 aliphatic heterocycles. The Hall–Kier alpha value is -5.86. The molecular formula is C34H30N4O8S2. The number of urea groups is 2. The number of nitrogens with one attached hydrogen (secondary N) is 4. The van der Waals surface area contributed by atoms with Gasteiger partial charge < -0.3 is 29.6 Å². The van der Waals surface area contributed by atoms with Crippen LogP contribution < -0.4 is 29.6 Å². The first-order chi connectivity index (χ1) is 22.9. The van der Waals surface area contributed by atoms with Crippen LogP contribution in [0.2, 0.25) is 0 Å². The molecule has 12 nitrogen and oxygen atoms in total. The van der Waals surface area contributed by atoms with E-state index in [0.717, 1.165) is 23.3 Å². The van der Waals surface area contributed by atoms with Crippen LogP contribution in [0, 0.1) is 13.8 Å². The summed E-state index contributed by atoms with van der Waals surface area (Å²) in [5, 5.41) is 10.5. The molecule has 0 heterocycles. The summed E-state index contributed by atoms with van der Waals surface area (Å²) in [6, 6.07) is 29.1. The van der Waals surface area contributed by atoms with Gasteiger partial charge in [-0.25, -0.2) is 9.59 Å². The molecule has 5 aromatic carbocycles.